The molecule has 1 saturated carbocycles. The Morgan fingerprint density at radius 2 is 1.94 bits per heavy atom. The first-order valence-electron chi connectivity index (χ1n) is 6.53. The summed E-state index contributed by atoms with van der Waals surface area (Å²) in [6, 6.07) is 0. The molecule has 0 aromatic carbocycles. The Morgan fingerprint density at radius 1 is 1.29 bits per heavy atom. The molecule has 1 aliphatic heterocycles. The van der Waals surface area contributed by atoms with Crippen LogP contribution in [-0.4, -0.2) is 45.4 Å². The summed E-state index contributed by atoms with van der Waals surface area (Å²) in [5.74, 6) is 0. The van der Waals surface area contributed by atoms with E-state index in [0.29, 0.717) is 19.6 Å². The van der Waals surface area contributed by atoms with E-state index in [0.717, 1.165) is 25.9 Å². The van der Waals surface area contributed by atoms with Gasteiger partial charge in [-0.05, 0) is 24.7 Å². The van der Waals surface area contributed by atoms with Crippen molar-refractivity contribution in [3.63, 3.8) is 0 Å². The minimum absolute atomic E-state index is 0.274. The molecular weight excluding hydrogens is 238 g/mol. The van der Waals surface area contributed by atoms with Crippen molar-refractivity contribution >= 4 is 10.2 Å². The number of nitrogens with one attached hydrogen (secondary N) is 2. The molecule has 100 valence electrons. The van der Waals surface area contributed by atoms with Crippen LogP contribution in [0.2, 0.25) is 0 Å². The van der Waals surface area contributed by atoms with Gasteiger partial charge in [0.2, 0.25) is 0 Å². The van der Waals surface area contributed by atoms with Crippen molar-refractivity contribution in [1.29, 1.82) is 0 Å². The molecule has 0 aromatic rings. The molecule has 2 aliphatic rings. The highest BCUT2D eigenvalue weighted by Gasteiger charge is 2.42. The number of hydrogen-bond acceptors (Lipinski definition) is 3. The van der Waals surface area contributed by atoms with Gasteiger partial charge in [0.1, 0.15) is 0 Å². The van der Waals surface area contributed by atoms with Crippen LogP contribution in [0.1, 0.15) is 32.6 Å². The van der Waals surface area contributed by atoms with E-state index < -0.39 is 10.2 Å². The summed E-state index contributed by atoms with van der Waals surface area (Å²) in [4.78, 5) is 0. The number of nitrogens with zero attached hydrogens (tertiary/aromatic N) is 1. The lowest BCUT2D eigenvalue weighted by atomic mass is 10.0. The monoisotopic (exact) mass is 261 g/mol. The van der Waals surface area contributed by atoms with Gasteiger partial charge in [-0.3, -0.25) is 0 Å². The van der Waals surface area contributed by atoms with Gasteiger partial charge in [-0.1, -0.05) is 13.3 Å². The SMILES string of the molecule is CCCC1(CNS(=O)(=O)N2CCNCC2)CC1. The highest BCUT2D eigenvalue weighted by atomic mass is 32.2. The van der Waals surface area contributed by atoms with Crippen molar-refractivity contribution in [2.24, 2.45) is 5.41 Å². The lowest BCUT2D eigenvalue weighted by molar-refractivity contribution is 0.349. The maximum Gasteiger partial charge on any atom is 0.279 e. The van der Waals surface area contributed by atoms with Crippen molar-refractivity contribution in [2.75, 3.05) is 32.7 Å². The third-order valence-electron chi connectivity index (χ3n) is 3.78. The lowest BCUT2D eigenvalue weighted by Crippen LogP contribution is -2.51. The van der Waals surface area contributed by atoms with Crippen LogP contribution in [0.15, 0.2) is 0 Å². The highest BCUT2D eigenvalue weighted by molar-refractivity contribution is 7.87. The Balaban J connectivity index is 1.84. The number of hydrogen-bond donors (Lipinski definition) is 2. The van der Waals surface area contributed by atoms with E-state index >= 15 is 0 Å². The van der Waals surface area contributed by atoms with E-state index in [1.165, 1.54) is 12.8 Å². The van der Waals surface area contributed by atoms with Crippen LogP contribution in [0.5, 0.6) is 0 Å². The van der Waals surface area contributed by atoms with Crippen LogP contribution >= 0.6 is 0 Å². The van der Waals surface area contributed by atoms with E-state index in [9.17, 15) is 8.42 Å². The van der Waals surface area contributed by atoms with Crippen LogP contribution in [-0.2, 0) is 10.2 Å². The molecule has 1 heterocycles. The molecule has 2 N–H and O–H groups in total. The van der Waals surface area contributed by atoms with Crippen molar-refractivity contribution in [3.8, 4) is 0 Å². The minimum atomic E-state index is -3.25. The smallest absolute Gasteiger partial charge is 0.279 e. The number of rotatable bonds is 6. The Kier molecular flexibility index (Phi) is 4.07. The first-order chi connectivity index (χ1) is 8.08. The predicted molar refractivity (Wildman–Crippen MR) is 67.9 cm³/mol. The van der Waals surface area contributed by atoms with Gasteiger partial charge in [0.05, 0.1) is 0 Å². The van der Waals surface area contributed by atoms with E-state index in [1.807, 2.05) is 0 Å². The van der Waals surface area contributed by atoms with Gasteiger partial charge in [-0.2, -0.15) is 12.7 Å². The second-order valence-electron chi connectivity index (χ2n) is 5.23. The van der Waals surface area contributed by atoms with Crippen molar-refractivity contribution < 1.29 is 8.42 Å². The summed E-state index contributed by atoms with van der Waals surface area (Å²) in [5, 5.41) is 3.16. The summed E-state index contributed by atoms with van der Waals surface area (Å²) in [5.41, 5.74) is 0.274. The second kappa shape index (κ2) is 5.22. The largest absolute Gasteiger partial charge is 0.314 e. The van der Waals surface area contributed by atoms with Gasteiger partial charge in [0, 0.05) is 32.7 Å². The van der Waals surface area contributed by atoms with Gasteiger partial charge >= 0.3 is 0 Å². The standard InChI is InChI=1S/C11H23N3O2S/c1-2-3-11(4-5-11)10-13-17(15,16)14-8-6-12-7-9-14/h12-13H,2-10H2,1H3. The second-order valence-corrected chi connectivity index (χ2v) is 6.98. The molecule has 2 fully saturated rings. The Bertz CT molecular complexity index is 346. The maximum absolute atomic E-state index is 12.1. The lowest BCUT2D eigenvalue weighted by Gasteiger charge is -2.27. The number of piperazine rings is 1. The average molecular weight is 261 g/mol. The normalized spacial score (nSPS) is 24.8. The zero-order valence-corrected chi connectivity index (χ0v) is 11.4. The van der Waals surface area contributed by atoms with Gasteiger partial charge in [-0.25, -0.2) is 4.72 Å². The maximum atomic E-state index is 12.1. The summed E-state index contributed by atoms with van der Waals surface area (Å²) >= 11 is 0. The predicted octanol–water partition coefficient (Wildman–Crippen LogP) is 0.306. The topological polar surface area (TPSA) is 61.4 Å². The third-order valence-corrected chi connectivity index (χ3v) is 5.34. The van der Waals surface area contributed by atoms with Crippen molar-refractivity contribution in [2.45, 2.75) is 32.6 Å². The quantitative estimate of drug-likeness (QED) is 0.723. The molecule has 1 saturated heterocycles. The average Bonchev–Trinajstić information content (AvgIpc) is 3.09. The molecule has 0 bridgehead atoms. The van der Waals surface area contributed by atoms with Crippen LogP contribution in [0.3, 0.4) is 0 Å². The van der Waals surface area contributed by atoms with E-state index in [4.69, 9.17) is 0 Å². The summed E-state index contributed by atoms with van der Waals surface area (Å²) in [7, 11) is -3.25. The fraction of sp³-hybridized carbons (Fsp3) is 1.00. The Labute approximate surface area is 104 Å². The first-order valence-corrected chi connectivity index (χ1v) is 7.97. The molecule has 6 heteroatoms. The zero-order valence-electron chi connectivity index (χ0n) is 10.5. The fourth-order valence-electron chi connectivity index (χ4n) is 2.44. The minimum Gasteiger partial charge on any atom is -0.314 e. The third kappa shape index (κ3) is 3.40. The first kappa shape index (κ1) is 13.3. The van der Waals surface area contributed by atoms with Gasteiger partial charge in [-0.15, -0.1) is 0 Å². The van der Waals surface area contributed by atoms with Crippen LogP contribution < -0.4 is 10.0 Å². The molecule has 0 amide bonds. The van der Waals surface area contributed by atoms with E-state index in [1.54, 1.807) is 4.31 Å². The molecule has 0 atom stereocenters. The van der Waals surface area contributed by atoms with Crippen molar-refractivity contribution in [1.82, 2.24) is 14.3 Å². The molecule has 1 aliphatic carbocycles. The molecule has 0 spiro atoms. The van der Waals surface area contributed by atoms with Crippen LogP contribution in [0.25, 0.3) is 0 Å². The Hall–Kier alpha value is -0.170. The fourth-order valence-corrected chi connectivity index (χ4v) is 3.78. The van der Waals surface area contributed by atoms with Gasteiger partial charge in [0.15, 0.2) is 0 Å². The highest BCUT2D eigenvalue weighted by Crippen LogP contribution is 2.49. The van der Waals surface area contributed by atoms with Crippen molar-refractivity contribution in [3.05, 3.63) is 0 Å². The molecule has 2 rings (SSSR count). The summed E-state index contributed by atoms with van der Waals surface area (Å²) in [6.07, 6.45) is 4.61. The Morgan fingerprint density at radius 3 is 2.47 bits per heavy atom. The molecule has 0 radical (unpaired) electrons. The zero-order chi connectivity index (χ0) is 12.4. The molecule has 5 nitrogen and oxygen atoms in total. The summed E-state index contributed by atoms with van der Waals surface area (Å²) in [6.45, 7) is 5.44. The van der Waals surface area contributed by atoms with Gasteiger partial charge < -0.3 is 5.32 Å². The molecule has 0 unspecified atom stereocenters. The van der Waals surface area contributed by atoms with Crippen LogP contribution in [0.4, 0.5) is 0 Å². The molecule has 17 heavy (non-hydrogen) atoms. The van der Waals surface area contributed by atoms with E-state index in [2.05, 4.69) is 17.0 Å². The summed E-state index contributed by atoms with van der Waals surface area (Å²) < 4.78 is 28.4. The van der Waals surface area contributed by atoms with Gasteiger partial charge in [0.25, 0.3) is 10.2 Å². The van der Waals surface area contributed by atoms with Crippen LogP contribution in [0, 0.1) is 5.41 Å². The molecule has 0 aromatic heterocycles. The molecular formula is C11H23N3O2S. The van der Waals surface area contributed by atoms with E-state index in [-0.39, 0.29) is 5.41 Å².